The van der Waals surface area contributed by atoms with Gasteiger partial charge < -0.3 is 4.74 Å². The Morgan fingerprint density at radius 2 is 1.83 bits per heavy atom. The van der Waals surface area contributed by atoms with E-state index in [0.717, 1.165) is 0 Å². The number of rotatable bonds is 5. The fourth-order valence-corrected chi connectivity index (χ4v) is 4.20. The molecule has 0 aromatic heterocycles. The van der Waals surface area contributed by atoms with Crippen molar-refractivity contribution in [3.8, 4) is 0 Å². The van der Waals surface area contributed by atoms with Crippen LogP contribution in [-0.2, 0) is 14.8 Å². The maximum atomic E-state index is 13.0. The Bertz CT molecular complexity index is 806. The number of sulfonamides is 1. The Morgan fingerprint density at radius 3 is 2.39 bits per heavy atom. The number of ether oxygens (including phenoxy) is 1. The molecular weight excluding hydrogens is 382 g/mol. The molecule has 0 amide bonds. The Labute approximate surface area is 144 Å². The monoisotopic (exact) mass is 397 g/mol. The summed E-state index contributed by atoms with van der Waals surface area (Å²) in [6.45, 7) is 1.98. The second-order valence-electron chi connectivity index (χ2n) is 4.64. The molecule has 0 radical (unpaired) electrons. The van der Waals surface area contributed by atoms with E-state index in [1.54, 1.807) is 37.3 Å². The minimum Gasteiger partial charge on any atom is -0.465 e. The van der Waals surface area contributed by atoms with Crippen molar-refractivity contribution in [2.75, 3.05) is 18.0 Å². The molecule has 0 aliphatic rings. The smallest absolute Gasteiger partial charge is 0.339 e. The lowest BCUT2D eigenvalue weighted by Crippen LogP contribution is -2.32. The van der Waals surface area contributed by atoms with E-state index in [1.807, 2.05) is 6.07 Å². The molecule has 2 rings (SSSR count). The summed E-state index contributed by atoms with van der Waals surface area (Å²) in [5, 5.41) is 0. The van der Waals surface area contributed by atoms with Crippen molar-refractivity contribution < 1.29 is 17.9 Å². The SMILES string of the molecule is CCN(c1ccccc1)S(=O)(=O)c1ccc(Br)cc1C(=O)OC. The Hall–Kier alpha value is -1.86. The first-order chi connectivity index (χ1) is 10.9. The molecule has 0 N–H and O–H groups in total. The molecule has 2 aromatic carbocycles. The standard InChI is InChI=1S/C16H16BrNO4S/c1-3-18(13-7-5-4-6-8-13)23(20,21)15-10-9-12(17)11-14(15)16(19)22-2/h4-11H,3H2,1-2H3. The summed E-state index contributed by atoms with van der Waals surface area (Å²) in [6, 6.07) is 13.2. The molecule has 0 spiro atoms. The van der Waals surface area contributed by atoms with Gasteiger partial charge in [0.25, 0.3) is 10.0 Å². The Kier molecular flexibility index (Phi) is 5.43. The van der Waals surface area contributed by atoms with Crippen molar-refractivity contribution in [1.29, 1.82) is 0 Å². The Morgan fingerprint density at radius 1 is 1.17 bits per heavy atom. The molecule has 0 saturated carbocycles. The van der Waals surface area contributed by atoms with Crippen LogP contribution in [0.1, 0.15) is 17.3 Å². The molecule has 0 aliphatic carbocycles. The average Bonchev–Trinajstić information content (AvgIpc) is 2.55. The number of nitrogens with zero attached hydrogens (tertiary/aromatic N) is 1. The van der Waals surface area contributed by atoms with Gasteiger partial charge in [0.1, 0.15) is 4.90 Å². The van der Waals surface area contributed by atoms with E-state index in [1.165, 1.54) is 23.5 Å². The number of carbonyl (C=O) groups excluding carboxylic acids is 1. The fourth-order valence-electron chi connectivity index (χ4n) is 2.20. The first-order valence-electron chi connectivity index (χ1n) is 6.87. The van der Waals surface area contributed by atoms with E-state index in [9.17, 15) is 13.2 Å². The molecule has 0 heterocycles. The van der Waals surface area contributed by atoms with Crippen LogP contribution in [0.2, 0.25) is 0 Å². The van der Waals surface area contributed by atoms with Crippen molar-refractivity contribution in [2.45, 2.75) is 11.8 Å². The van der Waals surface area contributed by atoms with Crippen molar-refractivity contribution in [2.24, 2.45) is 0 Å². The zero-order chi connectivity index (χ0) is 17.0. The third-order valence-corrected chi connectivity index (χ3v) is 5.70. The van der Waals surface area contributed by atoms with Gasteiger partial charge in [-0.05, 0) is 37.3 Å². The van der Waals surface area contributed by atoms with Crippen molar-refractivity contribution >= 4 is 37.6 Å². The highest BCUT2D eigenvalue weighted by molar-refractivity contribution is 9.10. The minimum absolute atomic E-state index is 0.00347. The van der Waals surface area contributed by atoms with Crippen molar-refractivity contribution in [3.05, 3.63) is 58.6 Å². The van der Waals surface area contributed by atoms with Crippen LogP contribution in [-0.4, -0.2) is 28.0 Å². The highest BCUT2D eigenvalue weighted by Gasteiger charge is 2.29. The van der Waals surface area contributed by atoms with Gasteiger partial charge in [0.05, 0.1) is 18.4 Å². The third-order valence-electron chi connectivity index (χ3n) is 3.25. The van der Waals surface area contributed by atoms with Gasteiger partial charge in [0, 0.05) is 11.0 Å². The van der Waals surface area contributed by atoms with Crippen LogP contribution in [0.25, 0.3) is 0 Å². The summed E-state index contributed by atoms with van der Waals surface area (Å²) < 4.78 is 32.6. The number of methoxy groups -OCH3 is 1. The highest BCUT2D eigenvalue weighted by atomic mass is 79.9. The minimum atomic E-state index is -3.90. The lowest BCUT2D eigenvalue weighted by atomic mass is 10.2. The van der Waals surface area contributed by atoms with E-state index in [-0.39, 0.29) is 17.0 Å². The van der Waals surface area contributed by atoms with E-state index in [0.29, 0.717) is 10.2 Å². The molecule has 2 aromatic rings. The number of carbonyl (C=O) groups is 1. The van der Waals surface area contributed by atoms with E-state index < -0.39 is 16.0 Å². The molecular formula is C16H16BrNO4S. The zero-order valence-corrected chi connectivity index (χ0v) is 15.1. The molecule has 0 bridgehead atoms. The number of para-hydroxylation sites is 1. The second-order valence-corrected chi connectivity index (χ2v) is 7.38. The predicted molar refractivity (Wildman–Crippen MR) is 92.1 cm³/mol. The van der Waals surface area contributed by atoms with E-state index >= 15 is 0 Å². The van der Waals surface area contributed by atoms with Gasteiger partial charge in [0.2, 0.25) is 0 Å². The van der Waals surface area contributed by atoms with E-state index in [2.05, 4.69) is 15.9 Å². The molecule has 23 heavy (non-hydrogen) atoms. The molecule has 5 nitrogen and oxygen atoms in total. The van der Waals surface area contributed by atoms with Gasteiger partial charge in [-0.15, -0.1) is 0 Å². The number of halogens is 1. The summed E-state index contributed by atoms with van der Waals surface area (Å²) in [4.78, 5) is 11.9. The van der Waals surface area contributed by atoms with Crippen LogP contribution >= 0.6 is 15.9 Å². The van der Waals surface area contributed by atoms with Crippen LogP contribution in [0.4, 0.5) is 5.69 Å². The van der Waals surface area contributed by atoms with Gasteiger partial charge in [-0.1, -0.05) is 34.1 Å². The quantitative estimate of drug-likeness (QED) is 0.724. The van der Waals surface area contributed by atoms with Gasteiger partial charge >= 0.3 is 5.97 Å². The predicted octanol–water partition coefficient (Wildman–Crippen LogP) is 3.45. The summed E-state index contributed by atoms with van der Waals surface area (Å²) >= 11 is 3.24. The summed E-state index contributed by atoms with van der Waals surface area (Å²) in [5.41, 5.74) is 0.532. The second kappa shape index (κ2) is 7.14. The van der Waals surface area contributed by atoms with Crippen molar-refractivity contribution in [3.63, 3.8) is 0 Å². The lowest BCUT2D eigenvalue weighted by Gasteiger charge is -2.24. The highest BCUT2D eigenvalue weighted by Crippen LogP contribution is 2.28. The molecule has 7 heteroatoms. The van der Waals surface area contributed by atoms with E-state index in [4.69, 9.17) is 4.74 Å². The third kappa shape index (κ3) is 3.56. The number of benzene rings is 2. The van der Waals surface area contributed by atoms with Gasteiger partial charge in [-0.3, -0.25) is 4.31 Å². The first kappa shape index (κ1) is 17.5. The summed E-state index contributed by atoms with van der Waals surface area (Å²) in [6.07, 6.45) is 0. The summed E-state index contributed by atoms with van der Waals surface area (Å²) in [5.74, 6) is -0.700. The van der Waals surface area contributed by atoms with Crippen LogP contribution in [0.15, 0.2) is 57.9 Å². The number of esters is 1. The molecule has 0 aliphatic heterocycles. The molecule has 0 fully saturated rings. The molecule has 122 valence electrons. The number of hydrogen-bond acceptors (Lipinski definition) is 4. The van der Waals surface area contributed by atoms with Gasteiger partial charge in [0.15, 0.2) is 0 Å². The molecule has 0 unspecified atom stereocenters. The number of hydrogen-bond donors (Lipinski definition) is 0. The van der Waals surface area contributed by atoms with Crippen LogP contribution in [0.3, 0.4) is 0 Å². The largest absolute Gasteiger partial charge is 0.465 e. The first-order valence-corrected chi connectivity index (χ1v) is 9.10. The Balaban J connectivity index is 2.61. The van der Waals surface area contributed by atoms with Gasteiger partial charge in [-0.2, -0.15) is 0 Å². The van der Waals surface area contributed by atoms with Crippen LogP contribution in [0.5, 0.6) is 0 Å². The summed E-state index contributed by atoms with van der Waals surface area (Å²) in [7, 11) is -2.68. The topological polar surface area (TPSA) is 63.7 Å². The molecule has 0 atom stereocenters. The normalized spacial score (nSPS) is 11.1. The zero-order valence-electron chi connectivity index (χ0n) is 12.7. The fraction of sp³-hybridized carbons (Fsp3) is 0.188. The van der Waals surface area contributed by atoms with Gasteiger partial charge in [-0.25, -0.2) is 13.2 Å². The maximum Gasteiger partial charge on any atom is 0.339 e. The lowest BCUT2D eigenvalue weighted by molar-refractivity contribution is 0.0596. The van der Waals surface area contributed by atoms with Crippen LogP contribution in [0, 0.1) is 0 Å². The average molecular weight is 398 g/mol. The maximum absolute atomic E-state index is 13.0. The van der Waals surface area contributed by atoms with Crippen molar-refractivity contribution in [1.82, 2.24) is 0 Å². The molecule has 0 saturated heterocycles. The number of anilines is 1. The van der Waals surface area contributed by atoms with Crippen LogP contribution < -0.4 is 4.31 Å².